The van der Waals surface area contributed by atoms with Crippen molar-refractivity contribution in [3.05, 3.63) is 81.5 Å². The van der Waals surface area contributed by atoms with E-state index < -0.39 is 0 Å². The smallest absolute Gasteiger partial charge is 0.269 e. The average Bonchev–Trinajstić information content (AvgIpc) is 2.90. The molecule has 4 rings (SSSR count). The number of anilines is 1. The molecule has 2 aromatic carbocycles. The normalized spacial score (nSPS) is 15.1. The number of aliphatic hydroxyl groups is 1. The van der Waals surface area contributed by atoms with Crippen LogP contribution >= 0.6 is 0 Å². The summed E-state index contributed by atoms with van der Waals surface area (Å²) in [6.45, 7) is 8.23. The van der Waals surface area contributed by atoms with Crippen molar-refractivity contribution < 1.29 is 10.0 Å². The van der Waals surface area contributed by atoms with Gasteiger partial charge in [-0.3, -0.25) is 15.0 Å². The Balaban J connectivity index is 1.58. The minimum atomic E-state index is -0.378. The molecule has 1 atom stereocenters. The molecule has 0 saturated carbocycles. The van der Waals surface area contributed by atoms with Crippen LogP contribution in [0.2, 0.25) is 0 Å². The first-order chi connectivity index (χ1) is 17.4. The zero-order valence-corrected chi connectivity index (χ0v) is 21.1. The second kappa shape index (κ2) is 12.1. The summed E-state index contributed by atoms with van der Waals surface area (Å²) in [4.78, 5) is 25.2. The molecule has 190 valence electrons. The van der Waals surface area contributed by atoms with Crippen molar-refractivity contribution in [2.75, 3.05) is 37.6 Å². The monoisotopic (exact) mass is 489 g/mol. The van der Waals surface area contributed by atoms with Crippen molar-refractivity contribution in [3.63, 3.8) is 0 Å². The molecular formula is C28H35N5O3. The molecule has 0 aliphatic carbocycles. The van der Waals surface area contributed by atoms with Gasteiger partial charge in [-0.15, -0.1) is 0 Å². The fourth-order valence-corrected chi connectivity index (χ4v) is 4.68. The van der Waals surface area contributed by atoms with Gasteiger partial charge in [0.25, 0.3) is 5.69 Å². The molecule has 3 aromatic rings. The summed E-state index contributed by atoms with van der Waals surface area (Å²) in [6, 6.07) is 16.7. The number of nitro benzene ring substituents is 1. The minimum absolute atomic E-state index is 0.0867. The minimum Gasteiger partial charge on any atom is -0.392 e. The van der Waals surface area contributed by atoms with Gasteiger partial charge < -0.3 is 10.0 Å². The van der Waals surface area contributed by atoms with E-state index in [1.165, 1.54) is 0 Å². The highest BCUT2D eigenvalue weighted by Crippen LogP contribution is 2.29. The Bertz CT molecular complexity index is 1150. The number of rotatable bonds is 10. The van der Waals surface area contributed by atoms with Gasteiger partial charge in [-0.1, -0.05) is 62.2 Å². The van der Waals surface area contributed by atoms with Gasteiger partial charge in [0.15, 0.2) is 5.82 Å². The largest absolute Gasteiger partial charge is 0.392 e. The molecule has 1 N–H and O–H groups in total. The Kier molecular flexibility index (Phi) is 8.61. The molecule has 0 radical (unpaired) electrons. The highest BCUT2D eigenvalue weighted by molar-refractivity contribution is 5.61. The first-order valence-electron chi connectivity index (χ1n) is 12.8. The van der Waals surface area contributed by atoms with Crippen molar-refractivity contribution in [2.45, 2.75) is 45.6 Å². The Labute approximate surface area is 212 Å². The Hall–Kier alpha value is -3.36. The van der Waals surface area contributed by atoms with E-state index in [9.17, 15) is 15.2 Å². The van der Waals surface area contributed by atoms with Crippen LogP contribution in [0, 0.1) is 17.0 Å². The molecule has 1 aliphatic heterocycles. The maximum absolute atomic E-state index is 11.1. The van der Waals surface area contributed by atoms with E-state index in [0.29, 0.717) is 18.8 Å². The number of nitrogens with zero attached hydrogens (tertiary/aromatic N) is 5. The fraction of sp³-hybridized carbons (Fsp3) is 0.429. The lowest BCUT2D eigenvalue weighted by molar-refractivity contribution is -0.384. The maximum atomic E-state index is 11.1. The predicted molar refractivity (Wildman–Crippen MR) is 142 cm³/mol. The Morgan fingerprint density at radius 3 is 2.36 bits per heavy atom. The standard InChI is InChI=1S/C28H35N5O3/c1-3-4-10-25(34)20-31-15-17-32(18-16-31)28-26(19-22-11-13-24(14-12-22)33(35)36)21(2)29-27(30-28)23-8-6-5-7-9-23/h5-9,11-14,25,34H,3-4,10,15-20H2,1-2H3/t25-/m0/s1. The molecule has 8 heteroatoms. The van der Waals surface area contributed by atoms with Crippen LogP contribution in [0.1, 0.15) is 43.0 Å². The number of aryl methyl sites for hydroxylation is 1. The lowest BCUT2D eigenvalue weighted by atomic mass is 10.0. The number of unbranched alkanes of at least 4 members (excludes halogenated alkanes) is 1. The fourth-order valence-electron chi connectivity index (χ4n) is 4.68. The number of aliphatic hydroxyl groups excluding tert-OH is 1. The van der Waals surface area contributed by atoms with Gasteiger partial charge in [-0.05, 0) is 18.9 Å². The SMILES string of the molecule is CCCC[C@H](O)CN1CCN(c2nc(-c3ccccc3)nc(C)c2Cc2ccc([N+](=O)[O-])cc2)CC1. The van der Waals surface area contributed by atoms with Crippen molar-refractivity contribution in [3.8, 4) is 11.4 Å². The van der Waals surface area contributed by atoms with E-state index >= 15 is 0 Å². The van der Waals surface area contributed by atoms with Gasteiger partial charge in [0, 0.05) is 68.1 Å². The molecule has 8 nitrogen and oxygen atoms in total. The van der Waals surface area contributed by atoms with E-state index in [-0.39, 0.29) is 16.7 Å². The molecule has 1 aromatic heterocycles. The van der Waals surface area contributed by atoms with Crippen LogP contribution in [0.5, 0.6) is 0 Å². The molecular weight excluding hydrogens is 454 g/mol. The molecule has 1 aliphatic rings. The third-order valence-electron chi connectivity index (χ3n) is 6.78. The predicted octanol–water partition coefficient (Wildman–Crippen LogP) is 4.62. The van der Waals surface area contributed by atoms with Crippen molar-refractivity contribution in [1.29, 1.82) is 0 Å². The lowest BCUT2D eigenvalue weighted by Crippen LogP contribution is -2.49. The number of nitro groups is 1. The molecule has 0 unspecified atom stereocenters. The summed E-state index contributed by atoms with van der Waals surface area (Å²) < 4.78 is 0. The Morgan fingerprint density at radius 2 is 1.72 bits per heavy atom. The summed E-state index contributed by atoms with van der Waals surface area (Å²) in [6.07, 6.45) is 3.32. The van der Waals surface area contributed by atoms with Gasteiger partial charge >= 0.3 is 0 Å². The highest BCUT2D eigenvalue weighted by atomic mass is 16.6. The van der Waals surface area contributed by atoms with E-state index in [0.717, 1.165) is 73.6 Å². The number of piperazine rings is 1. The summed E-state index contributed by atoms with van der Waals surface area (Å²) in [5.74, 6) is 1.62. The molecule has 2 heterocycles. The van der Waals surface area contributed by atoms with E-state index in [2.05, 4.69) is 16.7 Å². The van der Waals surface area contributed by atoms with Gasteiger partial charge in [0.05, 0.1) is 11.0 Å². The zero-order chi connectivity index (χ0) is 25.5. The number of aromatic nitrogens is 2. The molecule has 1 saturated heterocycles. The van der Waals surface area contributed by atoms with Gasteiger partial charge in [0.2, 0.25) is 0 Å². The second-order valence-corrected chi connectivity index (χ2v) is 9.48. The van der Waals surface area contributed by atoms with Crippen LogP contribution in [0.25, 0.3) is 11.4 Å². The summed E-state index contributed by atoms with van der Waals surface area (Å²) >= 11 is 0. The first-order valence-corrected chi connectivity index (χ1v) is 12.8. The molecule has 0 spiro atoms. The van der Waals surface area contributed by atoms with Crippen LogP contribution in [0.15, 0.2) is 54.6 Å². The molecule has 36 heavy (non-hydrogen) atoms. The van der Waals surface area contributed by atoms with Crippen LogP contribution < -0.4 is 4.90 Å². The number of hydrogen-bond acceptors (Lipinski definition) is 7. The van der Waals surface area contributed by atoms with Crippen LogP contribution in [-0.4, -0.2) is 63.7 Å². The summed E-state index contributed by atoms with van der Waals surface area (Å²) in [5, 5.41) is 21.4. The quantitative estimate of drug-likeness (QED) is 0.328. The van der Waals surface area contributed by atoms with Crippen LogP contribution in [0.3, 0.4) is 0 Å². The van der Waals surface area contributed by atoms with Crippen LogP contribution in [0.4, 0.5) is 11.5 Å². The third kappa shape index (κ3) is 6.44. The van der Waals surface area contributed by atoms with Gasteiger partial charge in [-0.2, -0.15) is 0 Å². The highest BCUT2D eigenvalue weighted by Gasteiger charge is 2.24. The number of hydrogen-bond donors (Lipinski definition) is 1. The van der Waals surface area contributed by atoms with Crippen molar-refractivity contribution >= 4 is 11.5 Å². The number of non-ortho nitro benzene ring substituents is 1. The van der Waals surface area contributed by atoms with Gasteiger partial charge in [-0.25, -0.2) is 9.97 Å². The molecule has 1 fully saturated rings. The van der Waals surface area contributed by atoms with Crippen LogP contribution in [-0.2, 0) is 6.42 Å². The summed E-state index contributed by atoms with van der Waals surface area (Å²) in [5.41, 5.74) is 4.00. The maximum Gasteiger partial charge on any atom is 0.269 e. The van der Waals surface area contributed by atoms with Crippen molar-refractivity contribution in [2.24, 2.45) is 0 Å². The van der Waals surface area contributed by atoms with Gasteiger partial charge in [0.1, 0.15) is 5.82 Å². The zero-order valence-electron chi connectivity index (χ0n) is 21.1. The topological polar surface area (TPSA) is 95.6 Å². The van der Waals surface area contributed by atoms with E-state index in [1.54, 1.807) is 12.1 Å². The summed E-state index contributed by atoms with van der Waals surface area (Å²) in [7, 11) is 0. The van der Waals surface area contributed by atoms with Crippen molar-refractivity contribution in [1.82, 2.24) is 14.9 Å². The average molecular weight is 490 g/mol. The third-order valence-corrected chi connectivity index (χ3v) is 6.78. The lowest BCUT2D eigenvalue weighted by Gasteiger charge is -2.37. The Morgan fingerprint density at radius 1 is 1.03 bits per heavy atom. The van der Waals surface area contributed by atoms with E-state index in [1.807, 2.05) is 49.4 Å². The molecule has 0 bridgehead atoms. The number of β-amino-alcohol motifs (C(OH)–C–C–N with tert-alkyl or cyclic N) is 1. The number of benzene rings is 2. The second-order valence-electron chi connectivity index (χ2n) is 9.48. The van der Waals surface area contributed by atoms with E-state index in [4.69, 9.17) is 9.97 Å². The molecule has 0 amide bonds. The first kappa shape index (κ1) is 25.7.